The molecule has 4 heavy (non-hydrogen) atoms. The van der Waals surface area contributed by atoms with Crippen LogP contribution in [0.2, 0.25) is 0 Å². The van der Waals surface area contributed by atoms with Crippen molar-refractivity contribution < 1.29 is 40.5 Å². The van der Waals surface area contributed by atoms with Gasteiger partial charge in [0, 0.05) is 40.5 Å². The Morgan fingerprint density at radius 2 is 1.00 bits per heavy atom. The molecule has 0 amide bonds. The Kier molecular flexibility index (Phi) is 222. The maximum absolute atomic E-state index is 0. The van der Waals surface area contributed by atoms with E-state index in [1.807, 2.05) is 0 Å². The van der Waals surface area contributed by atoms with E-state index in [9.17, 15) is 0 Å². The van der Waals surface area contributed by atoms with Crippen LogP contribution >= 0.6 is 0 Å². The van der Waals surface area contributed by atoms with Gasteiger partial charge >= 0.3 is 17.1 Å². The predicted octanol–water partition coefficient (Wildman–Crippen LogP) is -0.759. The van der Waals surface area contributed by atoms with Crippen molar-refractivity contribution in [1.82, 2.24) is 6.15 Å². The van der Waals surface area contributed by atoms with Gasteiger partial charge in [0.15, 0.2) is 0 Å². The molecule has 24 valence electrons. The molecular weight excluding hydrogens is 254 g/mol. The van der Waals surface area contributed by atoms with Gasteiger partial charge in [-0.2, -0.15) is 0 Å². The van der Waals surface area contributed by atoms with Gasteiger partial charge in [0.2, 0.25) is 0 Å². The van der Waals surface area contributed by atoms with E-state index >= 15 is 0 Å². The first-order valence-electron chi connectivity index (χ1n) is 0. The summed E-state index contributed by atoms with van der Waals surface area (Å²) in [6.07, 6.45) is 0. The van der Waals surface area contributed by atoms with E-state index in [1.165, 1.54) is 0 Å². The third kappa shape index (κ3) is 9.21. The van der Waals surface area contributed by atoms with E-state index < -0.39 is 0 Å². The van der Waals surface area contributed by atoms with Crippen molar-refractivity contribution in [2.75, 3.05) is 0 Å². The molecule has 0 unspecified atom stereocenters. The summed E-state index contributed by atoms with van der Waals surface area (Å²) in [5.74, 6) is 0. The molecule has 0 aliphatic heterocycles. The summed E-state index contributed by atoms with van der Waals surface area (Å²) >= 11 is 0. The smallest absolute Gasteiger partial charge is 0 e. The maximum atomic E-state index is 0. The Hall–Kier alpha value is 1.79. The van der Waals surface area contributed by atoms with Crippen LogP contribution in [-0.2, 0) is 40.5 Å². The Balaban J connectivity index is 0. The SMILES string of the molecule is N.[Mo].[SeH2].[Zn]. The number of hydrogen-bond acceptors (Lipinski definition) is 1. The fraction of sp³-hybridized carbons (Fsp3) is 0. The second-order valence-corrected chi connectivity index (χ2v) is 0. The van der Waals surface area contributed by atoms with Gasteiger partial charge in [-0.15, -0.1) is 0 Å². The van der Waals surface area contributed by atoms with E-state index in [2.05, 4.69) is 0 Å². The van der Waals surface area contributed by atoms with Crippen LogP contribution in [-0.4, -0.2) is 17.1 Å². The van der Waals surface area contributed by atoms with Crippen molar-refractivity contribution >= 4 is 17.1 Å². The monoisotopic (exact) mass is 261 g/mol. The van der Waals surface area contributed by atoms with Crippen LogP contribution in [0.3, 0.4) is 0 Å². The van der Waals surface area contributed by atoms with Crippen LogP contribution in [0.1, 0.15) is 0 Å². The van der Waals surface area contributed by atoms with Crippen molar-refractivity contribution in [3.05, 3.63) is 0 Å². The zero-order valence-corrected chi connectivity index (χ0v) is 9.39. The molecule has 0 radical (unpaired) electrons. The predicted molar refractivity (Wildman–Crippen MR) is 13.6 cm³/mol. The van der Waals surface area contributed by atoms with E-state index in [0.29, 0.717) is 0 Å². The standard InChI is InChI=1S/Mo.H3N.H2Se.Zn/h;1H3;1H2;. The van der Waals surface area contributed by atoms with Crippen LogP contribution in [0.5, 0.6) is 0 Å². The fourth-order valence-corrected chi connectivity index (χ4v) is 0. The molecule has 0 aromatic heterocycles. The summed E-state index contributed by atoms with van der Waals surface area (Å²) < 4.78 is 0. The van der Waals surface area contributed by atoms with Gasteiger partial charge in [-0.05, 0) is 0 Å². The average Bonchev–Trinajstić information content (AvgIpc) is 0. The Morgan fingerprint density at radius 3 is 1.00 bits per heavy atom. The molecule has 0 aromatic rings. The topological polar surface area (TPSA) is 35.0 Å². The van der Waals surface area contributed by atoms with Crippen LogP contribution in [0.4, 0.5) is 0 Å². The van der Waals surface area contributed by atoms with E-state index in [0.717, 1.165) is 0 Å². The van der Waals surface area contributed by atoms with E-state index in [1.54, 1.807) is 0 Å². The third-order valence-electron chi connectivity index (χ3n) is 0. The summed E-state index contributed by atoms with van der Waals surface area (Å²) in [6.45, 7) is 0. The molecular formula is H5MoNSeZn. The van der Waals surface area contributed by atoms with Crippen molar-refractivity contribution in [2.24, 2.45) is 0 Å². The third-order valence-corrected chi connectivity index (χ3v) is 0. The average molecular weight is 259 g/mol. The Morgan fingerprint density at radius 1 is 1.00 bits per heavy atom. The Bertz CT molecular complexity index is 8.00. The minimum absolute atomic E-state index is 0. The first-order valence-corrected chi connectivity index (χ1v) is 0. The first kappa shape index (κ1) is 41.4. The minimum atomic E-state index is 0. The summed E-state index contributed by atoms with van der Waals surface area (Å²) in [6, 6.07) is 0. The molecule has 0 atom stereocenters. The largest absolute Gasteiger partial charge is 0 e. The zero-order chi connectivity index (χ0) is 0. The number of rotatable bonds is 0. The molecule has 0 bridgehead atoms. The minimum Gasteiger partial charge on any atom is 0 e. The number of hydrogen-bond donors (Lipinski definition) is 1. The molecule has 0 saturated carbocycles. The second kappa shape index (κ2) is 21.5. The van der Waals surface area contributed by atoms with Gasteiger partial charge in [-0.1, -0.05) is 0 Å². The van der Waals surface area contributed by atoms with Gasteiger partial charge in [0.25, 0.3) is 0 Å². The van der Waals surface area contributed by atoms with Crippen molar-refractivity contribution in [1.29, 1.82) is 0 Å². The molecule has 0 fully saturated rings. The quantitative estimate of drug-likeness (QED) is 0.570. The van der Waals surface area contributed by atoms with Crippen LogP contribution in [0.25, 0.3) is 0 Å². The normalized spacial score (nSPS) is 0. The molecule has 0 saturated heterocycles. The second-order valence-electron chi connectivity index (χ2n) is 0. The molecule has 1 nitrogen and oxygen atoms in total. The summed E-state index contributed by atoms with van der Waals surface area (Å²) in [4.78, 5) is 0. The molecule has 0 aliphatic carbocycles. The Labute approximate surface area is 63.4 Å². The molecule has 0 aliphatic rings. The van der Waals surface area contributed by atoms with Gasteiger partial charge in [0.05, 0.1) is 0 Å². The van der Waals surface area contributed by atoms with Crippen molar-refractivity contribution in [2.45, 2.75) is 0 Å². The molecule has 0 spiro atoms. The van der Waals surface area contributed by atoms with Gasteiger partial charge in [-0.3, -0.25) is 0 Å². The molecule has 4 heteroatoms. The summed E-state index contributed by atoms with van der Waals surface area (Å²) in [5, 5.41) is 0. The summed E-state index contributed by atoms with van der Waals surface area (Å²) in [5.41, 5.74) is 0. The van der Waals surface area contributed by atoms with Crippen molar-refractivity contribution in [3.63, 3.8) is 0 Å². The zero-order valence-electron chi connectivity index (χ0n) is 2.32. The van der Waals surface area contributed by atoms with Crippen LogP contribution in [0.15, 0.2) is 0 Å². The molecule has 0 aromatic carbocycles. The first-order chi connectivity index (χ1) is 0. The van der Waals surface area contributed by atoms with Gasteiger partial charge in [-0.25, -0.2) is 0 Å². The van der Waals surface area contributed by atoms with Crippen LogP contribution in [0, 0.1) is 0 Å². The van der Waals surface area contributed by atoms with E-state index in [4.69, 9.17) is 0 Å². The van der Waals surface area contributed by atoms with Crippen molar-refractivity contribution in [3.8, 4) is 0 Å². The summed E-state index contributed by atoms with van der Waals surface area (Å²) in [7, 11) is 0. The maximum Gasteiger partial charge on any atom is 0 e. The molecule has 3 N–H and O–H groups in total. The van der Waals surface area contributed by atoms with Crippen LogP contribution < -0.4 is 6.15 Å². The van der Waals surface area contributed by atoms with Gasteiger partial charge in [0.1, 0.15) is 0 Å². The fourth-order valence-electron chi connectivity index (χ4n) is 0. The molecule has 0 rings (SSSR count). The van der Waals surface area contributed by atoms with Gasteiger partial charge < -0.3 is 6.15 Å². The van der Waals surface area contributed by atoms with E-state index in [-0.39, 0.29) is 63.8 Å². The molecule has 0 heterocycles.